The topological polar surface area (TPSA) is 52.6 Å². The van der Waals surface area contributed by atoms with Crippen LogP contribution in [0.3, 0.4) is 0 Å². The summed E-state index contributed by atoms with van der Waals surface area (Å²) in [5.41, 5.74) is 0.0880. The van der Waals surface area contributed by atoms with Crippen LogP contribution in [0.25, 0.3) is 0 Å². The van der Waals surface area contributed by atoms with Crippen LogP contribution in [0.15, 0.2) is 0 Å². The van der Waals surface area contributed by atoms with E-state index in [0.29, 0.717) is 48.5 Å². The Balaban J connectivity index is 1.61. The summed E-state index contributed by atoms with van der Waals surface area (Å²) < 4.78 is 11.8. The number of esters is 2. The quantitative estimate of drug-likeness (QED) is 0.305. The lowest BCUT2D eigenvalue weighted by Crippen LogP contribution is -2.44. The summed E-state index contributed by atoms with van der Waals surface area (Å²) in [6, 6.07) is 0. The van der Waals surface area contributed by atoms with Gasteiger partial charge in [0.05, 0.1) is 12.5 Å². The van der Waals surface area contributed by atoms with Gasteiger partial charge in [-0.05, 0) is 67.6 Å². The Kier molecular flexibility index (Phi) is 9.93. The van der Waals surface area contributed by atoms with Crippen molar-refractivity contribution < 1.29 is 19.1 Å². The molecule has 0 N–H and O–H groups in total. The first-order valence-electron chi connectivity index (χ1n) is 14.5. The van der Waals surface area contributed by atoms with Gasteiger partial charge in [-0.15, -0.1) is 0 Å². The Bertz CT molecular complexity index is 665. The number of rotatable bonds is 10. The lowest BCUT2D eigenvalue weighted by Gasteiger charge is -2.45. The zero-order valence-electron chi connectivity index (χ0n) is 22.9. The smallest absolute Gasteiger partial charge is 0.309 e. The van der Waals surface area contributed by atoms with Crippen molar-refractivity contribution in [3.05, 3.63) is 0 Å². The molecular formula is C30H52O4. The summed E-state index contributed by atoms with van der Waals surface area (Å²) in [6.45, 7) is 14.2. The Morgan fingerprint density at radius 3 is 2.56 bits per heavy atom. The van der Waals surface area contributed by atoms with Crippen molar-refractivity contribution in [1.82, 2.24) is 0 Å². The first-order valence-corrected chi connectivity index (χ1v) is 14.5. The molecule has 4 heteroatoms. The van der Waals surface area contributed by atoms with Gasteiger partial charge in [-0.1, -0.05) is 73.6 Å². The van der Waals surface area contributed by atoms with Crippen LogP contribution in [0.2, 0.25) is 0 Å². The van der Waals surface area contributed by atoms with Crippen molar-refractivity contribution in [2.24, 2.45) is 46.8 Å². The molecule has 196 valence electrons. The van der Waals surface area contributed by atoms with Crippen LogP contribution >= 0.6 is 0 Å². The minimum Gasteiger partial charge on any atom is -0.465 e. The highest BCUT2D eigenvalue weighted by Gasteiger charge is 2.56. The van der Waals surface area contributed by atoms with Gasteiger partial charge >= 0.3 is 11.9 Å². The van der Waals surface area contributed by atoms with Crippen LogP contribution in [-0.2, 0) is 19.1 Å². The first-order chi connectivity index (χ1) is 16.1. The highest BCUT2D eigenvalue weighted by Crippen LogP contribution is 2.54. The molecule has 3 rings (SSSR count). The zero-order chi connectivity index (χ0) is 24.9. The molecule has 3 fully saturated rings. The Morgan fingerprint density at radius 1 is 1.15 bits per heavy atom. The second-order valence-electron chi connectivity index (χ2n) is 13.1. The maximum atomic E-state index is 13.1. The van der Waals surface area contributed by atoms with Crippen molar-refractivity contribution in [3.63, 3.8) is 0 Å². The van der Waals surface area contributed by atoms with E-state index in [4.69, 9.17) is 9.47 Å². The molecule has 4 nitrogen and oxygen atoms in total. The fraction of sp³-hybridized carbons (Fsp3) is 0.933. The number of fused-ring (bicyclic) bond motifs is 1. The van der Waals surface area contributed by atoms with Crippen LogP contribution in [0.5, 0.6) is 0 Å². The molecule has 8 unspecified atom stereocenters. The summed E-state index contributed by atoms with van der Waals surface area (Å²) in [6.07, 6.45) is 13.0. The van der Waals surface area contributed by atoms with Crippen molar-refractivity contribution in [3.8, 4) is 0 Å². The molecule has 34 heavy (non-hydrogen) atoms. The van der Waals surface area contributed by atoms with E-state index in [1.54, 1.807) is 0 Å². The van der Waals surface area contributed by atoms with Crippen molar-refractivity contribution in [1.29, 1.82) is 0 Å². The molecule has 1 heterocycles. The predicted molar refractivity (Wildman–Crippen MR) is 137 cm³/mol. The van der Waals surface area contributed by atoms with Crippen LogP contribution in [-0.4, -0.2) is 24.6 Å². The lowest BCUT2D eigenvalue weighted by atomic mass is 9.59. The second kappa shape index (κ2) is 12.3. The third kappa shape index (κ3) is 7.00. The van der Waals surface area contributed by atoms with Gasteiger partial charge in [0, 0.05) is 18.3 Å². The Morgan fingerprint density at radius 2 is 1.91 bits per heavy atom. The summed E-state index contributed by atoms with van der Waals surface area (Å²) in [5, 5.41) is 0. The number of ether oxygens (including phenoxy) is 2. The molecule has 0 bridgehead atoms. The molecule has 0 spiro atoms. The molecule has 8 atom stereocenters. The van der Waals surface area contributed by atoms with Crippen LogP contribution in [0.4, 0.5) is 0 Å². The third-order valence-corrected chi connectivity index (χ3v) is 9.37. The van der Waals surface area contributed by atoms with E-state index in [1.165, 1.54) is 32.1 Å². The second-order valence-corrected chi connectivity index (χ2v) is 13.1. The normalized spacial score (nSPS) is 34.9. The van der Waals surface area contributed by atoms with Gasteiger partial charge in [0.15, 0.2) is 0 Å². The van der Waals surface area contributed by atoms with E-state index in [0.717, 1.165) is 38.5 Å². The standard InChI is InChI=1S/C30H52O4/c1-7-9-12-21(8-2)19-33-26(31)15-14-22-17-24-27(23-13-10-11-20(3)16-23)29(32)34-28(24)25(18-22)30(4,5)6/h20-25,27-28H,7-19H2,1-6H3. The first kappa shape index (κ1) is 27.5. The molecule has 1 aliphatic heterocycles. The van der Waals surface area contributed by atoms with Crippen LogP contribution in [0, 0.1) is 46.8 Å². The minimum atomic E-state index is -0.0409. The zero-order valence-corrected chi connectivity index (χ0v) is 22.9. The SMILES string of the molecule is CCCCC(CC)COC(=O)CCC1CC2C(OC(=O)C2C2CCCC(C)C2)C(C(C)(C)C)C1. The lowest BCUT2D eigenvalue weighted by molar-refractivity contribution is -0.149. The number of unbranched alkanes of at least 4 members (excludes halogenated alkanes) is 1. The highest BCUT2D eigenvalue weighted by atomic mass is 16.6. The molecule has 2 saturated carbocycles. The van der Waals surface area contributed by atoms with E-state index in [2.05, 4.69) is 41.5 Å². The monoisotopic (exact) mass is 476 g/mol. The largest absolute Gasteiger partial charge is 0.465 e. The van der Waals surface area contributed by atoms with Crippen LogP contribution < -0.4 is 0 Å². The maximum absolute atomic E-state index is 13.1. The van der Waals surface area contributed by atoms with Crippen molar-refractivity contribution in [2.75, 3.05) is 6.61 Å². The van der Waals surface area contributed by atoms with Crippen LogP contribution in [0.1, 0.15) is 119 Å². The number of carbonyl (C=O) groups excluding carboxylic acids is 2. The molecule has 0 amide bonds. The van der Waals surface area contributed by atoms with Gasteiger partial charge in [-0.3, -0.25) is 9.59 Å². The van der Waals surface area contributed by atoms with E-state index in [9.17, 15) is 9.59 Å². The average molecular weight is 477 g/mol. The number of hydrogen-bond acceptors (Lipinski definition) is 4. The molecule has 0 radical (unpaired) electrons. The van der Waals surface area contributed by atoms with Crippen molar-refractivity contribution >= 4 is 11.9 Å². The summed E-state index contributed by atoms with van der Waals surface area (Å²) >= 11 is 0. The Labute approximate surface area is 209 Å². The van der Waals surface area contributed by atoms with E-state index in [-0.39, 0.29) is 29.4 Å². The predicted octanol–water partition coefficient (Wildman–Crippen LogP) is 7.58. The van der Waals surface area contributed by atoms with Gasteiger partial charge < -0.3 is 9.47 Å². The average Bonchev–Trinajstić information content (AvgIpc) is 3.12. The van der Waals surface area contributed by atoms with Gasteiger partial charge in [0.25, 0.3) is 0 Å². The summed E-state index contributed by atoms with van der Waals surface area (Å²) in [4.78, 5) is 25.7. The molecular weight excluding hydrogens is 424 g/mol. The molecule has 3 aliphatic rings. The molecule has 1 saturated heterocycles. The summed E-state index contributed by atoms with van der Waals surface area (Å²) in [7, 11) is 0. The van der Waals surface area contributed by atoms with E-state index < -0.39 is 0 Å². The minimum absolute atomic E-state index is 0.0409. The number of hydrogen-bond donors (Lipinski definition) is 0. The summed E-state index contributed by atoms with van der Waals surface area (Å²) in [5.74, 6) is 2.93. The van der Waals surface area contributed by atoms with E-state index >= 15 is 0 Å². The fourth-order valence-electron chi connectivity index (χ4n) is 7.25. The maximum Gasteiger partial charge on any atom is 0.309 e. The highest BCUT2D eigenvalue weighted by molar-refractivity contribution is 5.76. The fourth-order valence-corrected chi connectivity index (χ4v) is 7.25. The molecule has 2 aliphatic carbocycles. The third-order valence-electron chi connectivity index (χ3n) is 9.37. The molecule has 0 aromatic heterocycles. The van der Waals surface area contributed by atoms with Gasteiger partial charge in [0.1, 0.15) is 6.10 Å². The van der Waals surface area contributed by atoms with Crippen molar-refractivity contribution in [2.45, 2.75) is 125 Å². The molecule has 0 aromatic rings. The Hall–Kier alpha value is -1.06. The van der Waals surface area contributed by atoms with Gasteiger partial charge in [-0.25, -0.2) is 0 Å². The van der Waals surface area contributed by atoms with Gasteiger partial charge in [-0.2, -0.15) is 0 Å². The molecule has 0 aromatic carbocycles. The number of carbonyl (C=O) groups is 2. The van der Waals surface area contributed by atoms with E-state index in [1.807, 2.05) is 0 Å². The van der Waals surface area contributed by atoms with Gasteiger partial charge in [0.2, 0.25) is 0 Å².